The van der Waals surface area contributed by atoms with Gasteiger partial charge in [-0.2, -0.15) is 18.3 Å². The normalized spacial score (nSPS) is 12.2. The number of rotatable bonds is 8. The zero-order valence-electron chi connectivity index (χ0n) is 17.9. The molecule has 2 heterocycles. The van der Waals surface area contributed by atoms with E-state index in [-0.39, 0.29) is 11.6 Å². The molecule has 0 radical (unpaired) electrons. The molecule has 0 bridgehead atoms. The highest BCUT2D eigenvalue weighted by atomic mass is 19.4. The molecule has 0 aliphatic rings. The molecule has 1 aromatic carbocycles. The van der Waals surface area contributed by atoms with E-state index in [1.54, 1.807) is 19.1 Å². The van der Waals surface area contributed by atoms with Gasteiger partial charge in [-0.3, -0.25) is 10.4 Å². The number of likely N-dealkylation sites (N-methyl/N-ethyl adjacent to an activating group) is 1. The van der Waals surface area contributed by atoms with E-state index in [0.717, 1.165) is 18.2 Å². The van der Waals surface area contributed by atoms with Gasteiger partial charge in [-0.1, -0.05) is 12.1 Å². The second-order valence-electron chi connectivity index (χ2n) is 7.19. The molecular weight excluding hydrogens is 421 g/mol. The Balaban J connectivity index is 1.82. The Kier molecular flexibility index (Phi) is 7.37. The number of ether oxygens (including phenoxy) is 1. The van der Waals surface area contributed by atoms with Crippen LogP contribution >= 0.6 is 0 Å². The summed E-state index contributed by atoms with van der Waals surface area (Å²) in [5, 5.41) is 4.20. The van der Waals surface area contributed by atoms with Gasteiger partial charge in [-0.25, -0.2) is 9.97 Å². The third-order valence-electron chi connectivity index (χ3n) is 4.33. The highest BCUT2D eigenvalue weighted by molar-refractivity contribution is 5.99. The van der Waals surface area contributed by atoms with Crippen molar-refractivity contribution in [2.75, 3.05) is 32.7 Å². The van der Waals surface area contributed by atoms with Crippen LogP contribution in [0.4, 0.5) is 19.0 Å². The molecule has 32 heavy (non-hydrogen) atoms. The first-order chi connectivity index (χ1) is 15.2. The number of nitrogens with one attached hydrogen (secondary N) is 1. The van der Waals surface area contributed by atoms with Gasteiger partial charge in [0.15, 0.2) is 17.3 Å². The quantitative estimate of drug-likeness (QED) is 0.412. The molecule has 0 atom stereocenters. The fourth-order valence-corrected chi connectivity index (χ4v) is 2.64. The van der Waals surface area contributed by atoms with Gasteiger partial charge in [0, 0.05) is 36.1 Å². The van der Waals surface area contributed by atoms with E-state index in [9.17, 15) is 13.2 Å². The summed E-state index contributed by atoms with van der Waals surface area (Å²) in [6.07, 6.45) is -1.72. The second-order valence-corrected chi connectivity index (χ2v) is 7.19. The fraction of sp³-hybridized carbons (Fsp3) is 0.273. The summed E-state index contributed by atoms with van der Waals surface area (Å²) < 4.78 is 45.7. The van der Waals surface area contributed by atoms with Gasteiger partial charge in [-0.05, 0) is 45.3 Å². The molecule has 3 aromatic rings. The van der Waals surface area contributed by atoms with Crippen molar-refractivity contribution < 1.29 is 17.9 Å². The van der Waals surface area contributed by atoms with Gasteiger partial charge in [0.25, 0.3) is 0 Å². The Bertz CT molecular complexity index is 1070. The molecule has 7 nitrogen and oxygen atoms in total. The number of alkyl halides is 3. The molecule has 10 heteroatoms. The number of pyridine rings is 1. The Morgan fingerprint density at radius 1 is 1.12 bits per heavy atom. The van der Waals surface area contributed by atoms with Crippen LogP contribution < -0.4 is 10.2 Å². The minimum Gasteiger partial charge on any atom is -0.492 e. The highest BCUT2D eigenvalue weighted by Gasteiger charge is 2.34. The standard InChI is InChI=1S/C22H23F3N6O/c1-15(16-6-4-8-18(12-16)32-11-10-31(2)3)29-30-20-13-19(22(23,24)25)27-21(28-20)17-7-5-9-26-14-17/h4-9,12-14H,10-11H2,1-3H3,(H,27,28,30)/b29-15+. The average molecular weight is 444 g/mol. The monoisotopic (exact) mass is 444 g/mol. The number of hydrogen-bond donors (Lipinski definition) is 1. The topological polar surface area (TPSA) is 75.5 Å². The number of hydrazone groups is 1. The van der Waals surface area contributed by atoms with Crippen LogP contribution in [0.2, 0.25) is 0 Å². The summed E-state index contributed by atoms with van der Waals surface area (Å²) >= 11 is 0. The van der Waals surface area contributed by atoms with Gasteiger partial charge in [-0.15, -0.1) is 0 Å². The number of anilines is 1. The van der Waals surface area contributed by atoms with Crippen molar-refractivity contribution in [2.24, 2.45) is 5.10 Å². The van der Waals surface area contributed by atoms with E-state index < -0.39 is 11.9 Å². The van der Waals surface area contributed by atoms with Crippen LogP contribution in [0.5, 0.6) is 5.75 Å². The molecule has 0 aliphatic heterocycles. The van der Waals surface area contributed by atoms with E-state index in [1.165, 1.54) is 12.4 Å². The fourth-order valence-electron chi connectivity index (χ4n) is 2.64. The van der Waals surface area contributed by atoms with Crippen molar-refractivity contribution >= 4 is 11.5 Å². The molecule has 168 valence electrons. The third kappa shape index (κ3) is 6.48. The summed E-state index contributed by atoms with van der Waals surface area (Å²) in [6.45, 7) is 3.04. The number of halogens is 3. The number of hydrogen-bond acceptors (Lipinski definition) is 7. The Morgan fingerprint density at radius 2 is 1.94 bits per heavy atom. The summed E-state index contributed by atoms with van der Waals surface area (Å²) in [4.78, 5) is 13.7. The smallest absolute Gasteiger partial charge is 0.433 e. The molecule has 0 saturated carbocycles. The largest absolute Gasteiger partial charge is 0.492 e. The maximum Gasteiger partial charge on any atom is 0.433 e. The summed E-state index contributed by atoms with van der Waals surface area (Å²) in [7, 11) is 3.92. The Hall–Kier alpha value is -3.53. The minimum absolute atomic E-state index is 0.0797. The predicted molar refractivity (Wildman–Crippen MR) is 117 cm³/mol. The number of nitrogens with zero attached hydrogens (tertiary/aromatic N) is 5. The maximum absolute atomic E-state index is 13.3. The third-order valence-corrected chi connectivity index (χ3v) is 4.33. The molecular formula is C22H23F3N6O. The first-order valence-electron chi connectivity index (χ1n) is 9.77. The maximum atomic E-state index is 13.3. The van der Waals surface area contributed by atoms with E-state index in [0.29, 0.717) is 23.6 Å². The van der Waals surface area contributed by atoms with E-state index in [4.69, 9.17) is 4.74 Å². The molecule has 0 fully saturated rings. The van der Waals surface area contributed by atoms with Crippen LogP contribution in [0.25, 0.3) is 11.4 Å². The minimum atomic E-state index is -4.63. The molecule has 1 N–H and O–H groups in total. The first kappa shape index (κ1) is 23.1. The van der Waals surface area contributed by atoms with Crippen LogP contribution in [-0.2, 0) is 6.18 Å². The lowest BCUT2D eigenvalue weighted by Crippen LogP contribution is -2.19. The van der Waals surface area contributed by atoms with Gasteiger partial charge < -0.3 is 9.64 Å². The molecule has 3 rings (SSSR count). The van der Waals surface area contributed by atoms with Gasteiger partial charge >= 0.3 is 6.18 Å². The van der Waals surface area contributed by atoms with Crippen LogP contribution in [0.1, 0.15) is 18.2 Å². The lowest BCUT2D eigenvalue weighted by molar-refractivity contribution is -0.141. The molecule has 0 saturated heterocycles. The zero-order valence-corrected chi connectivity index (χ0v) is 17.9. The molecule has 0 amide bonds. The molecule has 2 aromatic heterocycles. The van der Waals surface area contributed by atoms with E-state index >= 15 is 0 Å². The van der Waals surface area contributed by atoms with Crippen molar-refractivity contribution in [2.45, 2.75) is 13.1 Å². The molecule has 0 spiro atoms. The number of benzene rings is 1. The van der Waals surface area contributed by atoms with Gasteiger partial charge in [0.1, 0.15) is 12.4 Å². The van der Waals surface area contributed by atoms with Crippen LogP contribution in [0.15, 0.2) is 60.0 Å². The van der Waals surface area contributed by atoms with Crippen molar-refractivity contribution in [3.05, 3.63) is 66.1 Å². The van der Waals surface area contributed by atoms with Gasteiger partial charge in [0.05, 0.1) is 5.71 Å². The van der Waals surface area contributed by atoms with Crippen LogP contribution in [0, 0.1) is 0 Å². The van der Waals surface area contributed by atoms with Crippen LogP contribution in [0.3, 0.4) is 0 Å². The van der Waals surface area contributed by atoms with E-state index in [1.807, 2.05) is 43.3 Å². The highest BCUT2D eigenvalue weighted by Crippen LogP contribution is 2.30. The predicted octanol–water partition coefficient (Wildman–Crippen LogP) is 4.33. The summed E-state index contributed by atoms with van der Waals surface area (Å²) in [6, 6.07) is 11.3. The van der Waals surface area contributed by atoms with Crippen molar-refractivity contribution in [1.82, 2.24) is 19.9 Å². The van der Waals surface area contributed by atoms with E-state index in [2.05, 4.69) is 25.5 Å². The zero-order chi connectivity index (χ0) is 23.1. The number of aromatic nitrogens is 3. The molecule has 0 aliphatic carbocycles. The van der Waals surface area contributed by atoms with Gasteiger partial charge in [0.2, 0.25) is 0 Å². The lowest BCUT2D eigenvalue weighted by atomic mass is 10.1. The second kappa shape index (κ2) is 10.2. The summed E-state index contributed by atoms with van der Waals surface area (Å²) in [5.41, 5.74) is 3.22. The van der Waals surface area contributed by atoms with Crippen molar-refractivity contribution in [3.63, 3.8) is 0 Å². The van der Waals surface area contributed by atoms with Crippen molar-refractivity contribution in [3.8, 4) is 17.1 Å². The first-order valence-corrected chi connectivity index (χ1v) is 9.77. The molecule has 0 unspecified atom stereocenters. The average Bonchev–Trinajstić information content (AvgIpc) is 2.77. The Labute approximate surface area is 184 Å². The Morgan fingerprint density at radius 3 is 2.62 bits per heavy atom. The SMILES string of the molecule is C/C(=N\Nc1cc(C(F)(F)F)nc(-c2cccnc2)n1)c1cccc(OCCN(C)C)c1. The van der Waals surface area contributed by atoms with Crippen molar-refractivity contribution in [1.29, 1.82) is 0 Å². The lowest BCUT2D eigenvalue weighted by Gasteiger charge is -2.12. The summed E-state index contributed by atoms with van der Waals surface area (Å²) in [5.74, 6) is 0.502. The van der Waals surface area contributed by atoms with Crippen LogP contribution in [-0.4, -0.2) is 52.8 Å².